The van der Waals surface area contributed by atoms with Gasteiger partial charge in [-0.25, -0.2) is 4.79 Å². The van der Waals surface area contributed by atoms with Crippen molar-refractivity contribution >= 4 is 17.6 Å². The van der Waals surface area contributed by atoms with E-state index in [0.717, 1.165) is 5.56 Å². The highest BCUT2D eigenvalue weighted by Gasteiger charge is 2.31. The minimum atomic E-state index is -0.896. The molecule has 0 bridgehead atoms. The summed E-state index contributed by atoms with van der Waals surface area (Å²) in [4.78, 5) is 24.0. The Morgan fingerprint density at radius 3 is 2.67 bits per heavy atom. The van der Waals surface area contributed by atoms with Crippen LogP contribution in [0.4, 0.5) is 5.69 Å². The number of ether oxygens (including phenoxy) is 1. The van der Waals surface area contributed by atoms with Gasteiger partial charge in [0.25, 0.3) is 5.91 Å². The largest absolute Gasteiger partial charge is 0.506 e. The van der Waals surface area contributed by atoms with Crippen LogP contribution >= 0.6 is 0 Å². The van der Waals surface area contributed by atoms with Gasteiger partial charge in [-0.05, 0) is 23.8 Å². The van der Waals surface area contributed by atoms with Crippen LogP contribution in [0.25, 0.3) is 0 Å². The van der Waals surface area contributed by atoms with E-state index in [1.54, 1.807) is 36.4 Å². The average Bonchev–Trinajstić information content (AvgIpc) is 2.49. The van der Waals surface area contributed by atoms with Crippen molar-refractivity contribution in [3.05, 3.63) is 59.7 Å². The number of phenols is 1. The predicted octanol–water partition coefficient (Wildman–Crippen LogP) is 2.11. The number of carbonyl (C=O) groups is 2. The quantitative estimate of drug-likeness (QED) is 0.654. The third-order valence-corrected chi connectivity index (χ3v) is 3.35. The second kappa shape index (κ2) is 5.28. The number of aromatic hydroxyl groups is 1. The molecule has 1 aliphatic rings. The first-order chi connectivity index (χ1) is 10.1. The Morgan fingerprint density at radius 1 is 1.14 bits per heavy atom. The number of hydrogen-bond donors (Lipinski definition) is 2. The number of benzene rings is 2. The summed E-state index contributed by atoms with van der Waals surface area (Å²) >= 11 is 0. The number of fused-ring (bicyclic) bond motifs is 1. The molecule has 0 radical (unpaired) electrons. The Kier molecular flexibility index (Phi) is 3.31. The lowest BCUT2D eigenvalue weighted by Gasteiger charge is -2.23. The number of hydrogen-bond acceptors (Lipinski definition) is 4. The standard InChI is InChI=1S/C16H13NO4/c18-13-8-4-3-7-12(13)17-15(19)14-9-10-5-1-2-6-11(10)16(20)21-14/h1-8,14,18H,9H2,(H,17,19). The van der Waals surface area contributed by atoms with Crippen LogP contribution in [0.2, 0.25) is 0 Å². The van der Waals surface area contributed by atoms with Crippen molar-refractivity contribution in [1.82, 2.24) is 0 Å². The first kappa shape index (κ1) is 13.2. The van der Waals surface area contributed by atoms with E-state index in [1.807, 2.05) is 6.07 Å². The molecular weight excluding hydrogens is 270 g/mol. The van der Waals surface area contributed by atoms with Crippen molar-refractivity contribution in [2.75, 3.05) is 5.32 Å². The molecule has 21 heavy (non-hydrogen) atoms. The molecule has 106 valence electrons. The van der Waals surface area contributed by atoms with Gasteiger partial charge >= 0.3 is 5.97 Å². The molecule has 2 aromatic carbocycles. The summed E-state index contributed by atoms with van der Waals surface area (Å²) in [6.07, 6.45) is -0.576. The monoisotopic (exact) mass is 283 g/mol. The maximum absolute atomic E-state index is 12.2. The second-order valence-electron chi connectivity index (χ2n) is 4.76. The van der Waals surface area contributed by atoms with Crippen molar-refractivity contribution in [2.24, 2.45) is 0 Å². The first-order valence-electron chi connectivity index (χ1n) is 6.53. The molecule has 1 heterocycles. The van der Waals surface area contributed by atoms with Crippen LogP contribution in [0, 0.1) is 0 Å². The minimum absolute atomic E-state index is 0.0339. The van der Waals surface area contributed by atoms with Crippen LogP contribution < -0.4 is 5.32 Å². The van der Waals surface area contributed by atoms with E-state index in [-0.39, 0.29) is 11.4 Å². The molecule has 5 nitrogen and oxygen atoms in total. The molecule has 2 aromatic rings. The molecule has 2 N–H and O–H groups in total. The van der Waals surface area contributed by atoms with Crippen molar-refractivity contribution in [1.29, 1.82) is 0 Å². The topological polar surface area (TPSA) is 75.6 Å². The number of cyclic esters (lactones) is 1. The normalized spacial score (nSPS) is 16.8. The van der Waals surface area contributed by atoms with Gasteiger partial charge in [0.05, 0.1) is 11.3 Å². The number of phenolic OH excluding ortho intramolecular Hbond substituents is 1. The van der Waals surface area contributed by atoms with Crippen LogP contribution in [0.15, 0.2) is 48.5 Å². The van der Waals surface area contributed by atoms with Gasteiger partial charge in [0.15, 0.2) is 6.10 Å². The Morgan fingerprint density at radius 2 is 1.86 bits per heavy atom. The van der Waals surface area contributed by atoms with Gasteiger partial charge < -0.3 is 15.2 Å². The number of carbonyl (C=O) groups excluding carboxylic acids is 2. The molecule has 1 amide bonds. The van der Waals surface area contributed by atoms with Crippen molar-refractivity contribution in [3.8, 4) is 5.75 Å². The zero-order valence-corrected chi connectivity index (χ0v) is 11.1. The number of rotatable bonds is 2. The van der Waals surface area contributed by atoms with E-state index in [2.05, 4.69) is 5.32 Å². The summed E-state index contributed by atoms with van der Waals surface area (Å²) in [6.45, 7) is 0. The molecule has 1 unspecified atom stereocenters. The highest BCUT2D eigenvalue weighted by atomic mass is 16.5. The third kappa shape index (κ3) is 2.58. The zero-order valence-electron chi connectivity index (χ0n) is 11.1. The molecule has 0 spiro atoms. The average molecular weight is 283 g/mol. The highest BCUT2D eigenvalue weighted by molar-refractivity contribution is 6.00. The molecule has 5 heteroatoms. The van der Waals surface area contributed by atoms with Crippen LogP contribution in [0.1, 0.15) is 15.9 Å². The summed E-state index contributed by atoms with van der Waals surface area (Å²) in [7, 11) is 0. The van der Waals surface area contributed by atoms with Crippen LogP contribution in [-0.4, -0.2) is 23.1 Å². The Hall–Kier alpha value is -2.82. The van der Waals surface area contributed by atoms with Gasteiger partial charge in [-0.3, -0.25) is 4.79 Å². The van der Waals surface area contributed by atoms with E-state index in [1.165, 1.54) is 6.07 Å². The number of esters is 1. The maximum atomic E-state index is 12.2. The first-order valence-corrected chi connectivity index (χ1v) is 6.53. The minimum Gasteiger partial charge on any atom is -0.506 e. The molecular formula is C16H13NO4. The maximum Gasteiger partial charge on any atom is 0.339 e. The number of anilines is 1. The van der Waals surface area contributed by atoms with Crippen LogP contribution in [0.3, 0.4) is 0 Å². The Labute approximate surface area is 121 Å². The van der Waals surface area contributed by atoms with E-state index >= 15 is 0 Å². The van der Waals surface area contributed by atoms with Crippen molar-refractivity contribution in [2.45, 2.75) is 12.5 Å². The van der Waals surface area contributed by atoms with Crippen molar-refractivity contribution < 1.29 is 19.4 Å². The van der Waals surface area contributed by atoms with Crippen LogP contribution in [0.5, 0.6) is 5.75 Å². The lowest BCUT2D eigenvalue weighted by atomic mass is 9.98. The Bertz CT molecular complexity index is 711. The fourth-order valence-electron chi connectivity index (χ4n) is 2.27. The number of nitrogens with one attached hydrogen (secondary N) is 1. The molecule has 0 saturated heterocycles. The number of para-hydroxylation sites is 2. The molecule has 0 aromatic heterocycles. The van der Waals surface area contributed by atoms with Gasteiger partial charge in [0.1, 0.15) is 5.75 Å². The van der Waals surface area contributed by atoms with Crippen molar-refractivity contribution in [3.63, 3.8) is 0 Å². The summed E-state index contributed by atoms with van der Waals surface area (Å²) < 4.78 is 5.15. The molecule has 0 fully saturated rings. The molecule has 1 atom stereocenters. The number of amides is 1. The third-order valence-electron chi connectivity index (χ3n) is 3.35. The van der Waals surface area contributed by atoms with Gasteiger partial charge in [-0.1, -0.05) is 30.3 Å². The van der Waals surface area contributed by atoms with Gasteiger partial charge in [0, 0.05) is 6.42 Å². The molecule has 0 aliphatic carbocycles. The van der Waals surface area contributed by atoms with Crippen LogP contribution in [-0.2, 0) is 16.0 Å². The molecule has 3 rings (SSSR count). The second-order valence-corrected chi connectivity index (χ2v) is 4.76. The highest BCUT2D eigenvalue weighted by Crippen LogP contribution is 2.24. The zero-order chi connectivity index (χ0) is 14.8. The lowest BCUT2D eigenvalue weighted by Crippen LogP contribution is -2.37. The Balaban J connectivity index is 1.78. The molecule has 1 aliphatic heterocycles. The van der Waals surface area contributed by atoms with E-state index in [4.69, 9.17) is 4.74 Å². The van der Waals surface area contributed by atoms with Gasteiger partial charge in [0.2, 0.25) is 0 Å². The summed E-state index contributed by atoms with van der Waals surface area (Å²) in [5.74, 6) is -0.998. The van der Waals surface area contributed by atoms with Gasteiger partial charge in [-0.15, -0.1) is 0 Å². The predicted molar refractivity (Wildman–Crippen MR) is 76.1 cm³/mol. The van der Waals surface area contributed by atoms with E-state index in [0.29, 0.717) is 12.0 Å². The van der Waals surface area contributed by atoms with E-state index < -0.39 is 18.0 Å². The van der Waals surface area contributed by atoms with Gasteiger partial charge in [-0.2, -0.15) is 0 Å². The summed E-state index contributed by atoms with van der Waals surface area (Å²) in [5, 5.41) is 12.2. The fourth-order valence-corrected chi connectivity index (χ4v) is 2.27. The molecule has 0 saturated carbocycles. The fraction of sp³-hybridized carbons (Fsp3) is 0.125. The van der Waals surface area contributed by atoms with E-state index in [9.17, 15) is 14.7 Å². The SMILES string of the molecule is O=C1OC(C(=O)Nc2ccccc2O)Cc2ccccc21. The summed E-state index contributed by atoms with van der Waals surface area (Å²) in [6, 6.07) is 13.4. The smallest absolute Gasteiger partial charge is 0.339 e. The summed E-state index contributed by atoms with van der Waals surface area (Å²) in [5.41, 5.74) is 1.56. The lowest BCUT2D eigenvalue weighted by molar-refractivity contribution is -0.125.